The molecule has 0 aromatic heterocycles. The molecule has 2 saturated carbocycles. The van der Waals surface area contributed by atoms with Crippen LogP contribution in [0.4, 0.5) is 13.6 Å². The first-order chi connectivity index (χ1) is 28.7. The first-order valence-electron chi connectivity index (χ1n) is 21.0. The Labute approximate surface area is 353 Å². The topological polar surface area (TPSA) is 209 Å². The zero-order valence-corrected chi connectivity index (χ0v) is 35.5. The van der Waals surface area contributed by atoms with Crippen molar-refractivity contribution < 1.29 is 76.4 Å². The Balaban J connectivity index is 1.38. The number of alkyl halides is 2. The Hall–Kier alpha value is -3.78. The third kappa shape index (κ3) is 7.73. The molecular formula is C43H58F2N2O14. The molecular weight excluding hydrogens is 806 g/mol. The Morgan fingerprint density at radius 2 is 1.75 bits per heavy atom. The second kappa shape index (κ2) is 16.7. The van der Waals surface area contributed by atoms with E-state index in [-0.39, 0.29) is 31.4 Å². The first kappa shape index (κ1) is 45.3. The number of esters is 3. The van der Waals surface area contributed by atoms with Gasteiger partial charge < -0.3 is 53.8 Å². The Morgan fingerprint density at radius 1 is 1.05 bits per heavy atom. The van der Waals surface area contributed by atoms with Crippen LogP contribution in [-0.2, 0) is 42.7 Å². The molecule has 5 fully saturated rings. The number of halogens is 2. The van der Waals surface area contributed by atoms with Gasteiger partial charge in [-0.05, 0) is 63.3 Å². The average molecular weight is 865 g/mol. The molecule has 3 aliphatic carbocycles. The summed E-state index contributed by atoms with van der Waals surface area (Å²) in [7, 11) is 0. The van der Waals surface area contributed by atoms with Crippen LogP contribution in [0.2, 0.25) is 0 Å². The molecule has 7 rings (SSSR count). The smallest absolute Gasteiger partial charge is 0.407 e. The largest absolute Gasteiger partial charge is 0.456 e. The van der Waals surface area contributed by atoms with Gasteiger partial charge in [-0.15, -0.1) is 0 Å². The minimum atomic E-state index is -3.43. The Kier molecular flexibility index (Phi) is 12.4. The summed E-state index contributed by atoms with van der Waals surface area (Å²) >= 11 is 0. The van der Waals surface area contributed by atoms with Crippen molar-refractivity contribution >= 4 is 24.0 Å². The van der Waals surface area contributed by atoms with Gasteiger partial charge in [-0.3, -0.25) is 9.69 Å². The first-order valence-corrected chi connectivity index (χ1v) is 21.0. The second-order valence-corrected chi connectivity index (χ2v) is 18.4. The minimum absolute atomic E-state index is 0.0653. The lowest BCUT2D eigenvalue weighted by Crippen LogP contribution is -2.79. The van der Waals surface area contributed by atoms with Gasteiger partial charge in [0.25, 0.3) is 6.43 Å². The Bertz CT molecular complexity index is 1880. The van der Waals surface area contributed by atoms with Crippen LogP contribution < -0.4 is 5.32 Å². The van der Waals surface area contributed by atoms with E-state index in [1.54, 1.807) is 51.1 Å². The molecule has 61 heavy (non-hydrogen) atoms. The molecule has 0 unspecified atom stereocenters. The van der Waals surface area contributed by atoms with Gasteiger partial charge in [0.15, 0.2) is 18.0 Å². The molecule has 6 aliphatic rings. The van der Waals surface area contributed by atoms with E-state index in [0.29, 0.717) is 30.5 Å². The molecule has 18 heteroatoms. The van der Waals surface area contributed by atoms with Gasteiger partial charge in [0.05, 0.1) is 36.9 Å². The average Bonchev–Trinajstić information content (AvgIpc) is 3.59. The van der Waals surface area contributed by atoms with E-state index in [1.165, 1.54) is 20.8 Å². The number of nitrogens with zero attached hydrogens (tertiary/aromatic N) is 1. The van der Waals surface area contributed by atoms with Crippen molar-refractivity contribution in [1.29, 1.82) is 0 Å². The summed E-state index contributed by atoms with van der Waals surface area (Å²) in [5.41, 5.74) is -5.16. The number of rotatable bonds is 12. The minimum Gasteiger partial charge on any atom is -0.456 e. The molecule has 1 aromatic carbocycles. The molecule has 2 bridgehead atoms. The quantitative estimate of drug-likeness (QED) is 0.135. The van der Waals surface area contributed by atoms with Crippen LogP contribution in [0.3, 0.4) is 0 Å². The van der Waals surface area contributed by atoms with E-state index in [0.717, 1.165) is 6.42 Å². The Morgan fingerprint density at radius 3 is 2.33 bits per heavy atom. The maximum Gasteiger partial charge on any atom is 0.407 e. The maximum absolute atomic E-state index is 14.3. The number of nitrogens with one attached hydrogen (secondary N) is 1. The lowest BCUT2D eigenvalue weighted by atomic mass is 9.45. The zero-order chi connectivity index (χ0) is 44.4. The van der Waals surface area contributed by atoms with Gasteiger partial charge in [0.2, 0.25) is 0 Å². The van der Waals surface area contributed by atoms with Gasteiger partial charge in [-0.1, -0.05) is 39.0 Å². The van der Waals surface area contributed by atoms with Crippen LogP contribution in [0.1, 0.15) is 84.5 Å². The summed E-state index contributed by atoms with van der Waals surface area (Å²) in [5.74, 6) is -4.02. The van der Waals surface area contributed by atoms with Crippen molar-refractivity contribution in [2.45, 2.75) is 153 Å². The highest BCUT2D eigenvalue weighted by molar-refractivity contribution is 5.89. The van der Waals surface area contributed by atoms with Crippen molar-refractivity contribution in [3.05, 3.63) is 47.0 Å². The number of fused-ring (bicyclic) bond motifs is 8. The number of hydrogen-bond acceptors (Lipinski definition) is 15. The van der Waals surface area contributed by atoms with Crippen molar-refractivity contribution in [1.82, 2.24) is 10.2 Å². The molecule has 338 valence electrons. The molecule has 3 saturated heterocycles. The van der Waals surface area contributed by atoms with E-state index in [1.807, 2.05) is 17.1 Å². The predicted octanol–water partition coefficient (Wildman–Crippen LogP) is 3.04. The maximum atomic E-state index is 14.3. The number of amides is 1. The molecule has 0 radical (unpaired) electrons. The molecule has 16 nitrogen and oxygen atoms in total. The number of carbonyl (C=O) groups excluding carboxylic acids is 4. The van der Waals surface area contributed by atoms with Crippen molar-refractivity contribution in [2.24, 2.45) is 16.7 Å². The standard InChI is InChI=1S/C43H58F2N2O14/c1-21(2)56-39(53)46-30(36(44)45)31(50)38(52)57-26-17-43(54)35(60-37(51)24-11-9-8-10-12-24)33-41(7,15-13-27-42(33,20-55-27)61-23(4)49)34-32(29(22(26)3)40(43,5)6)58-28(59-34)18-47-16-14-25(47)19-48/h8-12,21,25-28,30-36,48,50,54H,13-20H2,1-7H3,(H,46,53)/t25-,26-,27+,28+,30+,31+,32+,33-,34+,35-,41+,42-,43+/m0/s1. The summed E-state index contributed by atoms with van der Waals surface area (Å²) in [6.45, 7) is 12.1. The molecule has 4 N–H and O–H groups in total. The number of alkyl carbamates (subject to hydrolysis) is 1. The van der Waals surface area contributed by atoms with E-state index in [4.69, 9.17) is 33.2 Å². The lowest BCUT2D eigenvalue weighted by molar-refractivity contribution is -0.345. The number of benzene rings is 1. The third-order valence-electron chi connectivity index (χ3n) is 14.2. The second-order valence-electron chi connectivity index (χ2n) is 18.4. The van der Waals surface area contributed by atoms with Crippen molar-refractivity contribution in [3.8, 4) is 0 Å². The summed E-state index contributed by atoms with van der Waals surface area (Å²) < 4.78 is 72.2. The molecule has 3 aliphatic heterocycles. The van der Waals surface area contributed by atoms with E-state index >= 15 is 0 Å². The van der Waals surface area contributed by atoms with Crippen LogP contribution >= 0.6 is 0 Å². The normalized spacial score (nSPS) is 37.3. The highest BCUT2D eigenvalue weighted by Gasteiger charge is 2.77. The van der Waals surface area contributed by atoms with Gasteiger partial charge in [0.1, 0.15) is 36.1 Å². The van der Waals surface area contributed by atoms with Crippen LogP contribution in [0.25, 0.3) is 0 Å². The van der Waals surface area contributed by atoms with Crippen LogP contribution in [0.5, 0.6) is 0 Å². The monoisotopic (exact) mass is 864 g/mol. The van der Waals surface area contributed by atoms with Crippen LogP contribution in [0.15, 0.2) is 41.5 Å². The molecule has 0 spiro atoms. The predicted molar refractivity (Wildman–Crippen MR) is 208 cm³/mol. The molecule has 1 amide bonds. The number of ether oxygens (including phenoxy) is 7. The summed E-state index contributed by atoms with van der Waals surface area (Å²) in [6.07, 6.45) is -13.2. The van der Waals surface area contributed by atoms with Gasteiger partial charge in [0, 0.05) is 43.3 Å². The number of aliphatic hydroxyl groups excluding tert-OH is 2. The van der Waals surface area contributed by atoms with Crippen LogP contribution in [-0.4, -0.2) is 149 Å². The summed E-state index contributed by atoms with van der Waals surface area (Å²) in [6, 6.07) is 5.59. The summed E-state index contributed by atoms with van der Waals surface area (Å²) in [4.78, 5) is 55.6. The number of carbonyl (C=O) groups is 4. The van der Waals surface area contributed by atoms with Crippen molar-refractivity contribution in [3.63, 3.8) is 0 Å². The molecule has 3 heterocycles. The van der Waals surface area contributed by atoms with E-state index in [9.17, 15) is 43.3 Å². The fourth-order valence-electron chi connectivity index (χ4n) is 10.9. The number of likely N-dealkylation sites (tertiary alicyclic amines) is 1. The van der Waals surface area contributed by atoms with Crippen molar-refractivity contribution in [2.75, 3.05) is 26.3 Å². The summed E-state index contributed by atoms with van der Waals surface area (Å²) in [5, 5.41) is 36.6. The van der Waals surface area contributed by atoms with Crippen LogP contribution in [0, 0.1) is 16.7 Å². The van der Waals surface area contributed by atoms with Gasteiger partial charge in [-0.25, -0.2) is 23.2 Å². The highest BCUT2D eigenvalue weighted by atomic mass is 19.3. The molecule has 1 aromatic rings. The number of hydrogen-bond donors (Lipinski definition) is 4. The lowest BCUT2D eigenvalue weighted by Gasteiger charge is -2.68. The third-order valence-corrected chi connectivity index (χ3v) is 14.2. The highest BCUT2D eigenvalue weighted by Crippen LogP contribution is 2.66. The molecule has 13 atom stereocenters. The van der Waals surface area contributed by atoms with Gasteiger partial charge >= 0.3 is 24.0 Å². The zero-order valence-electron chi connectivity index (χ0n) is 35.5. The fourth-order valence-corrected chi connectivity index (χ4v) is 10.9. The number of aliphatic hydroxyl groups is 3. The van der Waals surface area contributed by atoms with Gasteiger partial charge in [-0.2, -0.15) is 0 Å². The SMILES string of the molecule is CC(=O)O[C@@]12CO[C@@H]1CC[C@@]1(C)[C@@H]3O[C@H](CN4CC[C@H]4CO)O[C@@H]3C3=C(C)[C@@H](OC(=O)[C@H](O)[C@@H](NC(=O)OC(C)C)C(F)F)C[C@@](O)([C@@H](OC(=O)c4ccccc4)[C@@H]12)C3(C)C. The van der Waals surface area contributed by atoms with E-state index < -0.39 is 120 Å². The fraction of sp³-hybridized carbons (Fsp3) is 0.721. The van der Waals surface area contributed by atoms with E-state index in [2.05, 4.69) is 0 Å².